The Kier molecular flexibility index (Phi) is 8.93. The second kappa shape index (κ2) is 11.4. The van der Waals surface area contributed by atoms with Gasteiger partial charge in [0, 0.05) is 35.2 Å². The molecule has 0 bridgehead atoms. The van der Waals surface area contributed by atoms with E-state index in [-0.39, 0.29) is 12.6 Å². The first-order valence-corrected chi connectivity index (χ1v) is 10.5. The highest BCUT2D eigenvalue weighted by Crippen LogP contribution is 2.25. The number of anilines is 3. The second-order valence-corrected chi connectivity index (χ2v) is 8.20. The number of nitrogens with one attached hydrogen (secondary N) is 1. The Morgan fingerprint density at radius 1 is 1.07 bits per heavy atom. The molecule has 2 aromatic carbocycles. The molecule has 0 aliphatic carbocycles. The molecule has 0 saturated carbocycles. The molecule has 0 aromatic heterocycles. The molecule has 2 rings (SSSR count). The molecule has 0 heterocycles. The quantitative estimate of drug-likeness (QED) is 0.396. The number of benzene rings is 2. The summed E-state index contributed by atoms with van der Waals surface area (Å²) in [6.45, 7) is 12.0. The maximum Gasteiger partial charge on any atom is 0.333 e. The van der Waals surface area contributed by atoms with Crippen LogP contribution < -0.4 is 10.2 Å². The molecule has 0 radical (unpaired) electrons. The number of aliphatic hydroxyl groups excluding tert-OH is 1. The van der Waals surface area contributed by atoms with E-state index in [1.165, 1.54) is 0 Å². The predicted octanol–water partition coefficient (Wildman–Crippen LogP) is 5.15. The Morgan fingerprint density at radius 2 is 1.67 bits per heavy atom. The molecule has 0 fully saturated rings. The number of carbonyl (C=O) groups excluding carboxylic acids is 1. The molecule has 30 heavy (non-hydrogen) atoms. The molecule has 2 atom stereocenters. The molecule has 0 aliphatic rings. The van der Waals surface area contributed by atoms with Crippen molar-refractivity contribution in [1.82, 2.24) is 0 Å². The first-order chi connectivity index (χ1) is 14.3. The van der Waals surface area contributed by atoms with Crippen LogP contribution in [0.25, 0.3) is 0 Å². The number of aliphatic hydroxyl groups is 1. The summed E-state index contributed by atoms with van der Waals surface area (Å²) in [6, 6.07) is 18.4. The van der Waals surface area contributed by atoms with Crippen LogP contribution in [0.1, 0.15) is 34.1 Å². The summed E-state index contributed by atoms with van der Waals surface area (Å²) in [6.07, 6.45) is 0.201. The number of hydrogen-bond acceptors (Lipinski definition) is 5. The molecule has 2 unspecified atom stereocenters. The molecule has 0 amide bonds. The average Bonchev–Trinajstić information content (AvgIpc) is 2.71. The van der Waals surface area contributed by atoms with E-state index in [1.54, 1.807) is 6.92 Å². The number of carbonyl (C=O) groups is 1. The summed E-state index contributed by atoms with van der Waals surface area (Å²) < 4.78 is 5.12. The number of hydrogen-bond donors (Lipinski definition) is 2. The Labute approximate surface area is 180 Å². The van der Waals surface area contributed by atoms with Crippen LogP contribution in [-0.2, 0) is 9.53 Å². The lowest BCUT2D eigenvalue weighted by Gasteiger charge is -2.34. The van der Waals surface area contributed by atoms with Crippen molar-refractivity contribution in [2.75, 3.05) is 23.4 Å². The summed E-state index contributed by atoms with van der Waals surface area (Å²) in [5, 5.41) is 13.9. The monoisotopic (exact) mass is 410 g/mol. The van der Waals surface area contributed by atoms with Crippen molar-refractivity contribution in [3.05, 3.63) is 66.7 Å². The third-order valence-electron chi connectivity index (χ3n) is 4.77. The van der Waals surface area contributed by atoms with Crippen molar-refractivity contribution >= 4 is 23.0 Å². The molecule has 162 valence electrons. The highest BCUT2D eigenvalue weighted by Gasteiger charge is 2.20. The Morgan fingerprint density at radius 3 is 2.23 bits per heavy atom. The van der Waals surface area contributed by atoms with Gasteiger partial charge in [0.15, 0.2) is 0 Å². The lowest BCUT2D eigenvalue weighted by molar-refractivity contribution is -0.141. The van der Waals surface area contributed by atoms with Crippen LogP contribution in [0.4, 0.5) is 17.1 Å². The third-order valence-corrected chi connectivity index (χ3v) is 4.77. The van der Waals surface area contributed by atoms with E-state index in [4.69, 9.17) is 4.74 Å². The number of ether oxygens (including phenoxy) is 1. The van der Waals surface area contributed by atoms with Crippen LogP contribution in [0.15, 0.2) is 66.7 Å². The van der Waals surface area contributed by atoms with Gasteiger partial charge in [-0.1, -0.05) is 38.6 Å². The minimum Gasteiger partial charge on any atom is -0.460 e. The maximum atomic E-state index is 11.6. The van der Waals surface area contributed by atoms with Crippen molar-refractivity contribution in [3.63, 3.8) is 0 Å². The summed E-state index contributed by atoms with van der Waals surface area (Å²) in [5.74, 6) is 0.0482. The highest BCUT2D eigenvalue weighted by atomic mass is 16.5. The normalized spacial score (nSPS) is 12.9. The minimum absolute atomic E-state index is 0.0514. The fraction of sp³-hybridized carbons (Fsp3) is 0.400. The topological polar surface area (TPSA) is 61.8 Å². The largest absolute Gasteiger partial charge is 0.460 e. The zero-order valence-corrected chi connectivity index (χ0v) is 18.5. The van der Waals surface area contributed by atoms with E-state index < -0.39 is 12.1 Å². The molecule has 5 heteroatoms. The van der Waals surface area contributed by atoms with Gasteiger partial charge in [-0.2, -0.15) is 0 Å². The van der Waals surface area contributed by atoms with Crippen molar-refractivity contribution in [2.45, 2.75) is 46.3 Å². The average molecular weight is 411 g/mol. The van der Waals surface area contributed by atoms with Gasteiger partial charge in [-0.15, -0.1) is 0 Å². The Hall–Kier alpha value is -2.79. The number of rotatable bonds is 11. The molecule has 0 aliphatic heterocycles. The zero-order chi connectivity index (χ0) is 22.1. The maximum absolute atomic E-state index is 11.6. The highest BCUT2D eigenvalue weighted by molar-refractivity contribution is 5.86. The van der Waals surface area contributed by atoms with Gasteiger partial charge in [0.25, 0.3) is 0 Å². The fourth-order valence-electron chi connectivity index (χ4n) is 3.35. The zero-order valence-electron chi connectivity index (χ0n) is 18.5. The molecular formula is C25H34N2O3. The van der Waals surface area contributed by atoms with E-state index >= 15 is 0 Å². The SMILES string of the molecule is C=C(C)C(=O)OCC(O)CN(c1ccc(Nc2ccccc2)cc1)C(C)CC(C)C. The predicted molar refractivity (Wildman–Crippen MR) is 124 cm³/mol. The van der Waals surface area contributed by atoms with Crippen molar-refractivity contribution in [2.24, 2.45) is 5.92 Å². The van der Waals surface area contributed by atoms with Gasteiger partial charge in [0.1, 0.15) is 12.7 Å². The molecule has 5 nitrogen and oxygen atoms in total. The molecule has 2 N–H and O–H groups in total. The molecular weight excluding hydrogens is 376 g/mol. The first-order valence-electron chi connectivity index (χ1n) is 10.5. The molecule has 0 saturated heterocycles. The van der Waals surface area contributed by atoms with Crippen LogP contribution in [0, 0.1) is 5.92 Å². The third kappa shape index (κ3) is 7.56. The Bertz CT molecular complexity index is 803. The summed E-state index contributed by atoms with van der Waals surface area (Å²) in [5.41, 5.74) is 3.38. The Balaban J connectivity index is 2.09. The van der Waals surface area contributed by atoms with Gasteiger partial charge in [0.2, 0.25) is 0 Å². The van der Waals surface area contributed by atoms with Crippen molar-refractivity contribution in [1.29, 1.82) is 0 Å². The first kappa shape index (κ1) is 23.5. The van der Waals surface area contributed by atoms with Gasteiger partial charge in [-0.25, -0.2) is 4.79 Å². The van der Waals surface area contributed by atoms with Crippen LogP contribution in [0.3, 0.4) is 0 Å². The summed E-state index contributed by atoms with van der Waals surface area (Å²) >= 11 is 0. The molecule has 0 spiro atoms. The van der Waals surface area contributed by atoms with E-state index in [1.807, 2.05) is 42.5 Å². The molecule has 2 aromatic rings. The number of esters is 1. The van der Waals surface area contributed by atoms with E-state index in [9.17, 15) is 9.90 Å². The lowest BCUT2D eigenvalue weighted by Crippen LogP contribution is -2.41. The van der Waals surface area contributed by atoms with E-state index in [0.29, 0.717) is 18.0 Å². The van der Waals surface area contributed by atoms with Gasteiger partial charge < -0.3 is 20.1 Å². The van der Waals surface area contributed by atoms with Gasteiger partial charge >= 0.3 is 5.97 Å². The fourth-order valence-corrected chi connectivity index (χ4v) is 3.35. The van der Waals surface area contributed by atoms with Gasteiger partial charge in [0.05, 0.1) is 0 Å². The lowest BCUT2D eigenvalue weighted by atomic mass is 10.0. The van der Waals surface area contributed by atoms with Gasteiger partial charge in [-0.3, -0.25) is 0 Å². The van der Waals surface area contributed by atoms with Crippen molar-refractivity contribution < 1.29 is 14.6 Å². The van der Waals surface area contributed by atoms with Crippen LogP contribution in [-0.4, -0.2) is 36.4 Å². The summed E-state index contributed by atoms with van der Waals surface area (Å²) in [7, 11) is 0. The van der Waals surface area contributed by atoms with Crippen LogP contribution in [0.5, 0.6) is 0 Å². The standard InChI is InChI=1S/C25H34N2O3/c1-18(2)15-20(5)27(16-24(28)17-30-25(29)19(3)4)23-13-11-22(12-14-23)26-21-9-7-6-8-10-21/h6-14,18,20,24,26,28H,3,15-17H2,1-2,4-5H3. The van der Waals surface area contributed by atoms with Crippen LogP contribution in [0.2, 0.25) is 0 Å². The summed E-state index contributed by atoms with van der Waals surface area (Å²) in [4.78, 5) is 13.8. The number of para-hydroxylation sites is 1. The van der Waals surface area contributed by atoms with E-state index in [0.717, 1.165) is 23.5 Å². The second-order valence-electron chi connectivity index (χ2n) is 8.20. The van der Waals surface area contributed by atoms with Crippen molar-refractivity contribution in [3.8, 4) is 0 Å². The number of nitrogens with zero attached hydrogens (tertiary/aromatic N) is 1. The smallest absolute Gasteiger partial charge is 0.333 e. The van der Waals surface area contributed by atoms with E-state index in [2.05, 4.69) is 49.7 Å². The van der Waals surface area contributed by atoms with Gasteiger partial charge in [-0.05, 0) is 62.6 Å². The van der Waals surface area contributed by atoms with Crippen LogP contribution >= 0.6 is 0 Å². The minimum atomic E-state index is -0.787.